The number of rotatable bonds is 7. The molecule has 1 atom stereocenters. The van der Waals surface area contributed by atoms with Crippen molar-refractivity contribution in [1.82, 2.24) is 0 Å². The number of esters is 1. The summed E-state index contributed by atoms with van der Waals surface area (Å²) < 4.78 is 15.8. The number of hydrogen-bond acceptors (Lipinski definition) is 5. The molecule has 1 unspecified atom stereocenters. The van der Waals surface area contributed by atoms with Crippen LogP contribution in [0.15, 0.2) is 12.2 Å². The molecule has 0 saturated carbocycles. The van der Waals surface area contributed by atoms with Crippen molar-refractivity contribution >= 4 is 18.0 Å². The zero-order chi connectivity index (χ0) is 12.5. The van der Waals surface area contributed by atoms with Crippen LogP contribution in [-0.2, 0) is 18.5 Å². The number of ether oxygens (including phenoxy) is 2. The fourth-order valence-corrected chi connectivity index (χ4v) is 1.95. The quantitative estimate of drug-likeness (QED) is 0.305. The van der Waals surface area contributed by atoms with E-state index in [1.165, 1.54) is 18.5 Å². The van der Waals surface area contributed by atoms with Crippen LogP contribution in [0.25, 0.3) is 0 Å². The summed E-state index contributed by atoms with van der Waals surface area (Å²) in [5.41, 5.74) is 0.435. The summed E-state index contributed by atoms with van der Waals surface area (Å²) in [7, 11) is 0. The molecular formula is C12H20O4S. The molecule has 4 nitrogen and oxygen atoms in total. The fourth-order valence-electron chi connectivity index (χ4n) is 1.32. The standard InChI is InChI=1S/C12H20O4S/c1-10(2)12(13)15-8-5-9-17-16-11-6-3-4-7-14-11/h11H,1,3-9H2,2H3. The van der Waals surface area contributed by atoms with E-state index < -0.39 is 0 Å². The minimum absolute atomic E-state index is 0.0632. The van der Waals surface area contributed by atoms with Crippen LogP contribution in [0.2, 0.25) is 0 Å². The summed E-state index contributed by atoms with van der Waals surface area (Å²) in [5, 5.41) is 0. The highest BCUT2D eigenvalue weighted by Crippen LogP contribution is 2.19. The first-order valence-electron chi connectivity index (χ1n) is 5.92. The van der Waals surface area contributed by atoms with Gasteiger partial charge in [-0.3, -0.25) is 4.18 Å². The Hall–Kier alpha value is -0.520. The van der Waals surface area contributed by atoms with E-state index >= 15 is 0 Å². The van der Waals surface area contributed by atoms with Crippen molar-refractivity contribution in [2.75, 3.05) is 19.0 Å². The monoisotopic (exact) mass is 260 g/mol. The third-order valence-corrected chi connectivity index (χ3v) is 3.07. The van der Waals surface area contributed by atoms with Crippen molar-refractivity contribution < 1.29 is 18.5 Å². The van der Waals surface area contributed by atoms with E-state index in [9.17, 15) is 4.79 Å². The minimum atomic E-state index is -0.327. The zero-order valence-corrected chi connectivity index (χ0v) is 11.1. The van der Waals surface area contributed by atoms with Crippen LogP contribution >= 0.6 is 12.0 Å². The van der Waals surface area contributed by atoms with Crippen LogP contribution < -0.4 is 0 Å². The van der Waals surface area contributed by atoms with Crippen molar-refractivity contribution in [2.24, 2.45) is 0 Å². The highest BCUT2D eigenvalue weighted by molar-refractivity contribution is 7.94. The maximum absolute atomic E-state index is 11.0. The second kappa shape index (κ2) is 8.55. The van der Waals surface area contributed by atoms with E-state index in [0.29, 0.717) is 12.2 Å². The zero-order valence-electron chi connectivity index (χ0n) is 10.3. The molecule has 17 heavy (non-hydrogen) atoms. The third kappa shape index (κ3) is 6.71. The van der Waals surface area contributed by atoms with Crippen LogP contribution in [0.5, 0.6) is 0 Å². The molecule has 1 saturated heterocycles. The molecular weight excluding hydrogens is 240 g/mol. The normalized spacial score (nSPS) is 19.9. The average molecular weight is 260 g/mol. The summed E-state index contributed by atoms with van der Waals surface area (Å²) in [4.78, 5) is 11.0. The smallest absolute Gasteiger partial charge is 0.333 e. The number of carbonyl (C=O) groups is 1. The van der Waals surface area contributed by atoms with Crippen LogP contribution in [0.3, 0.4) is 0 Å². The predicted octanol–water partition coefficient (Wildman–Crippen LogP) is 2.69. The molecule has 0 aromatic carbocycles. The van der Waals surface area contributed by atoms with Crippen LogP contribution in [0.4, 0.5) is 0 Å². The van der Waals surface area contributed by atoms with Gasteiger partial charge in [-0.15, -0.1) is 0 Å². The van der Waals surface area contributed by atoms with Crippen molar-refractivity contribution in [2.45, 2.75) is 38.9 Å². The van der Waals surface area contributed by atoms with Crippen molar-refractivity contribution in [3.8, 4) is 0 Å². The van der Waals surface area contributed by atoms with Gasteiger partial charge < -0.3 is 9.47 Å². The Morgan fingerprint density at radius 2 is 2.35 bits per heavy atom. The lowest BCUT2D eigenvalue weighted by atomic mass is 10.2. The largest absolute Gasteiger partial charge is 0.462 e. The second-order valence-electron chi connectivity index (χ2n) is 3.98. The molecule has 1 rings (SSSR count). The van der Waals surface area contributed by atoms with Gasteiger partial charge in [-0.25, -0.2) is 4.79 Å². The molecule has 0 amide bonds. The molecule has 1 heterocycles. The van der Waals surface area contributed by atoms with Gasteiger partial charge in [-0.1, -0.05) is 6.58 Å². The SMILES string of the molecule is C=C(C)C(=O)OCCCSOC1CCCCO1. The Labute approximate surface area is 107 Å². The highest BCUT2D eigenvalue weighted by atomic mass is 32.2. The number of carbonyl (C=O) groups excluding carboxylic acids is 1. The van der Waals surface area contributed by atoms with E-state index in [-0.39, 0.29) is 12.3 Å². The van der Waals surface area contributed by atoms with E-state index in [0.717, 1.165) is 31.6 Å². The lowest BCUT2D eigenvalue weighted by Gasteiger charge is -2.21. The van der Waals surface area contributed by atoms with Gasteiger partial charge in [0.05, 0.1) is 6.61 Å². The number of hydrogen-bond donors (Lipinski definition) is 0. The first-order valence-corrected chi connectivity index (χ1v) is 6.83. The Morgan fingerprint density at radius 3 is 3.00 bits per heavy atom. The van der Waals surface area contributed by atoms with E-state index in [1.54, 1.807) is 6.92 Å². The van der Waals surface area contributed by atoms with E-state index in [1.807, 2.05) is 0 Å². The molecule has 0 bridgehead atoms. The van der Waals surface area contributed by atoms with Crippen LogP contribution in [0, 0.1) is 0 Å². The van der Waals surface area contributed by atoms with E-state index in [2.05, 4.69) is 6.58 Å². The predicted molar refractivity (Wildman–Crippen MR) is 67.5 cm³/mol. The van der Waals surface area contributed by atoms with Gasteiger partial charge in [0.1, 0.15) is 0 Å². The molecule has 1 aliphatic heterocycles. The molecule has 0 aromatic heterocycles. The lowest BCUT2D eigenvalue weighted by molar-refractivity contribution is -0.138. The molecule has 0 N–H and O–H groups in total. The van der Waals surface area contributed by atoms with Crippen molar-refractivity contribution in [3.63, 3.8) is 0 Å². The maximum Gasteiger partial charge on any atom is 0.333 e. The summed E-state index contributed by atoms with van der Waals surface area (Å²) >= 11 is 1.38. The van der Waals surface area contributed by atoms with Gasteiger partial charge in [0.2, 0.25) is 0 Å². The summed E-state index contributed by atoms with van der Waals surface area (Å²) in [5.74, 6) is 0.468. The van der Waals surface area contributed by atoms with Gasteiger partial charge in [-0.2, -0.15) is 0 Å². The molecule has 0 aromatic rings. The Balaban J connectivity index is 1.90. The Bertz CT molecular complexity index is 249. The highest BCUT2D eigenvalue weighted by Gasteiger charge is 2.14. The topological polar surface area (TPSA) is 44.8 Å². The first kappa shape index (κ1) is 14.5. The molecule has 1 aliphatic rings. The summed E-state index contributed by atoms with van der Waals surface area (Å²) in [6, 6.07) is 0. The molecule has 1 fully saturated rings. The third-order valence-electron chi connectivity index (χ3n) is 2.27. The van der Waals surface area contributed by atoms with Crippen molar-refractivity contribution in [3.05, 3.63) is 12.2 Å². The van der Waals surface area contributed by atoms with Crippen molar-refractivity contribution in [1.29, 1.82) is 0 Å². The lowest BCUT2D eigenvalue weighted by Crippen LogP contribution is -2.19. The van der Waals surface area contributed by atoms with Gasteiger partial charge in [0.15, 0.2) is 6.29 Å². The van der Waals surface area contributed by atoms with Gasteiger partial charge in [-0.05, 0) is 44.6 Å². The molecule has 0 spiro atoms. The van der Waals surface area contributed by atoms with Crippen LogP contribution in [-0.4, -0.2) is 31.2 Å². The first-order chi connectivity index (χ1) is 8.20. The van der Waals surface area contributed by atoms with Crippen LogP contribution in [0.1, 0.15) is 32.6 Å². The maximum atomic E-state index is 11.0. The average Bonchev–Trinajstić information content (AvgIpc) is 2.34. The van der Waals surface area contributed by atoms with Gasteiger partial charge in [0, 0.05) is 17.9 Å². The Kier molecular flexibility index (Phi) is 7.32. The second-order valence-corrected chi connectivity index (χ2v) is 4.82. The molecule has 0 radical (unpaired) electrons. The molecule has 5 heteroatoms. The summed E-state index contributed by atoms with van der Waals surface area (Å²) in [6.07, 6.45) is 3.98. The van der Waals surface area contributed by atoms with Gasteiger partial charge >= 0.3 is 5.97 Å². The molecule has 98 valence electrons. The molecule has 0 aliphatic carbocycles. The fraction of sp³-hybridized carbons (Fsp3) is 0.750. The van der Waals surface area contributed by atoms with Gasteiger partial charge in [0.25, 0.3) is 0 Å². The minimum Gasteiger partial charge on any atom is -0.462 e. The Morgan fingerprint density at radius 1 is 1.53 bits per heavy atom. The van der Waals surface area contributed by atoms with E-state index in [4.69, 9.17) is 13.7 Å². The summed E-state index contributed by atoms with van der Waals surface area (Å²) in [6.45, 7) is 6.35.